The van der Waals surface area contributed by atoms with Crippen LogP contribution in [0.3, 0.4) is 0 Å². The van der Waals surface area contributed by atoms with E-state index in [1.54, 1.807) is 24.3 Å². The fourth-order valence-corrected chi connectivity index (χ4v) is 14.2. The molecule has 2 heterocycles. The van der Waals surface area contributed by atoms with Crippen molar-refractivity contribution in [3.63, 3.8) is 0 Å². The Morgan fingerprint density at radius 1 is 0.604 bits per heavy atom. The Kier molecular flexibility index (Phi) is 8.34. The van der Waals surface area contributed by atoms with Crippen LogP contribution in [0.5, 0.6) is 0 Å². The van der Waals surface area contributed by atoms with Gasteiger partial charge in [-0.2, -0.15) is 0 Å². The summed E-state index contributed by atoms with van der Waals surface area (Å²) in [7, 11) is 0. The van der Waals surface area contributed by atoms with Crippen molar-refractivity contribution in [2.45, 2.75) is 12.7 Å². The van der Waals surface area contributed by atoms with E-state index in [0.717, 1.165) is 31.7 Å². The minimum absolute atomic E-state index is 0.0191. The van der Waals surface area contributed by atoms with Crippen molar-refractivity contribution in [1.29, 1.82) is 0 Å². The first-order valence-electron chi connectivity index (χ1n) is 15.6. The molecule has 0 fully saturated rings. The van der Waals surface area contributed by atoms with E-state index in [2.05, 4.69) is 56.9 Å². The maximum atomic E-state index is 14.9. The van der Waals surface area contributed by atoms with Crippen LogP contribution >= 0.6 is 20.8 Å². The van der Waals surface area contributed by atoms with Gasteiger partial charge in [0.05, 0.1) is 0 Å². The number of nitrogens with zero attached hydrogens (tertiary/aromatic N) is 3. The number of pyridine rings is 1. The third-order valence-electron chi connectivity index (χ3n) is 8.88. The second-order valence-corrected chi connectivity index (χ2v) is 20.6. The maximum absolute atomic E-state index is 14.9. The normalized spacial score (nSPS) is 12.3. The topological polar surface area (TPSA) is 74.0 Å². The minimum atomic E-state index is -3.52. The number of hydrogen-bond acceptors (Lipinski definition) is 4. The molecule has 0 aliphatic carbocycles. The van der Waals surface area contributed by atoms with Crippen molar-refractivity contribution in [3.05, 3.63) is 201 Å². The van der Waals surface area contributed by atoms with Gasteiger partial charge in [-0.1, -0.05) is 0 Å². The Labute approximate surface area is 285 Å². The SMILES string of the molecule is O=C(c1ccccc1CP(Br)(c1ccccc1)(c1ccccc1)c1ccccc1)n1c(=O)c2cccnc2c(=O)n1Cc1ccccc1. The van der Waals surface area contributed by atoms with E-state index in [0.29, 0.717) is 11.7 Å². The van der Waals surface area contributed by atoms with Crippen LogP contribution in [0.25, 0.3) is 10.9 Å². The molecule has 0 aliphatic rings. The van der Waals surface area contributed by atoms with Crippen LogP contribution < -0.4 is 27.0 Å². The number of fused-ring (bicyclic) bond motifs is 1. The molecule has 0 atom stereocenters. The number of carbonyl (C=O) groups is 1. The van der Waals surface area contributed by atoms with Crippen molar-refractivity contribution in [1.82, 2.24) is 14.3 Å². The summed E-state index contributed by atoms with van der Waals surface area (Å²) >= 11 is 4.50. The van der Waals surface area contributed by atoms with Crippen LogP contribution in [0.4, 0.5) is 0 Å². The van der Waals surface area contributed by atoms with Gasteiger partial charge in [-0.25, -0.2) is 0 Å². The molecular formula is C40H31BrN3O3P. The molecule has 0 saturated heterocycles. The van der Waals surface area contributed by atoms with Crippen LogP contribution in [0.15, 0.2) is 174 Å². The summed E-state index contributed by atoms with van der Waals surface area (Å²) in [6, 6.07) is 50.8. The van der Waals surface area contributed by atoms with E-state index in [1.807, 2.05) is 97.1 Å². The summed E-state index contributed by atoms with van der Waals surface area (Å²) in [5.41, 5.74) is 0.757. The number of hydrogen-bond donors (Lipinski definition) is 0. The Bertz CT molecular complexity index is 2280. The molecule has 236 valence electrons. The van der Waals surface area contributed by atoms with Gasteiger partial charge >= 0.3 is 287 Å². The molecule has 7 rings (SSSR count). The number of carbonyl (C=O) groups excluding carboxylic acids is 1. The molecule has 6 nitrogen and oxygen atoms in total. The Balaban J connectivity index is 1.48. The van der Waals surface area contributed by atoms with Crippen LogP contribution in [0.1, 0.15) is 21.5 Å². The van der Waals surface area contributed by atoms with E-state index in [4.69, 9.17) is 0 Å². The van der Waals surface area contributed by atoms with Crippen molar-refractivity contribution in [2.75, 3.05) is 0 Å². The molecule has 7 aromatic rings. The second kappa shape index (κ2) is 12.8. The second-order valence-electron chi connectivity index (χ2n) is 11.7. The van der Waals surface area contributed by atoms with Crippen LogP contribution in [-0.4, -0.2) is 20.3 Å². The van der Waals surface area contributed by atoms with Crippen LogP contribution in [0.2, 0.25) is 0 Å². The third kappa shape index (κ3) is 5.26. The van der Waals surface area contributed by atoms with Crippen molar-refractivity contribution >= 4 is 53.5 Å². The molecule has 5 aromatic carbocycles. The molecule has 0 saturated carbocycles. The van der Waals surface area contributed by atoms with Crippen molar-refractivity contribution in [3.8, 4) is 0 Å². The Morgan fingerprint density at radius 2 is 1.10 bits per heavy atom. The molecule has 48 heavy (non-hydrogen) atoms. The van der Waals surface area contributed by atoms with Gasteiger partial charge < -0.3 is 0 Å². The summed E-state index contributed by atoms with van der Waals surface area (Å²) < 4.78 is 2.21. The molecule has 0 radical (unpaired) electrons. The van der Waals surface area contributed by atoms with E-state index in [9.17, 15) is 14.4 Å². The average Bonchev–Trinajstić information content (AvgIpc) is 3.15. The molecule has 0 spiro atoms. The summed E-state index contributed by atoms with van der Waals surface area (Å²) in [6.07, 6.45) is 1.91. The molecular weight excluding hydrogens is 681 g/mol. The first-order valence-corrected chi connectivity index (χ1v) is 20.0. The first kappa shape index (κ1) is 31.4. The van der Waals surface area contributed by atoms with Crippen molar-refractivity contribution < 1.29 is 4.79 Å². The van der Waals surface area contributed by atoms with Gasteiger partial charge in [0.15, 0.2) is 0 Å². The number of halogens is 1. The van der Waals surface area contributed by atoms with Gasteiger partial charge in [-0.3, -0.25) is 0 Å². The standard InChI is InChI=1S/C40H31BrN3O3P/c41-48(32-19-7-2-8-20-32,33-21-9-3-10-22-33,34-23-11-4-12-24-34)29-31-18-13-14-25-35(31)38(45)44-39(46)36-26-15-27-42-37(36)40(47)43(44)28-30-16-5-1-6-17-30/h1-27H,28-29H2. The Hall–Kier alpha value is -5.23. The van der Waals surface area contributed by atoms with Gasteiger partial charge in [0.2, 0.25) is 0 Å². The van der Waals surface area contributed by atoms with Crippen LogP contribution in [0, 0.1) is 0 Å². The van der Waals surface area contributed by atoms with Gasteiger partial charge in [0.1, 0.15) is 0 Å². The van der Waals surface area contributed by atoms with Gasteiger partial charge in [-0.15, -0.1) is 0 Å². The molecule has 0 bridgehead atoms. The molecule has 2 aromatic heterocycles. The quantitative estimate of drug-likeness (QED) is 0.166. The molecule has 8 heteroatoms. The zero-order valence-corrected chi connectivity index (χ0v) is 28.4. The number of benzene rings is 5. The van der Waals surface area contributed by atoms with Gasteiger partial charge in [-0.05, 0) is 0 Å². The van der Waals surface area contributed by atoms with Gasteiger partial charge in [0.25, 0.3) is 0 Å². The predicted octanol–water partition coefficient (Wildman–Crippen LogP) is 6.63. The molecule has 0 aliphatic heterocycles. The zero-order valence-electron chi connectivity index (χ0n) is 25.9. The molecule has 0 unspecified atom stereocenters. The number of aromatic nitrogens is 3. The van der Waals surface area contributed by atoms with Crippen LogP contribution in [-0.2, 0) is 12.7 Å². The van der Waals surface area contributed by atoms with E-state index in [1.165, 1.54) is 10.9 Å². The van der Waals surface area contributed by atoms with E-state index < -0.39 is 22.3 Å². The summed E-state index contributed by atoms with van der Waals surface area (Å²) in [4.78, 5) is 47.2. The summed E-state index contributed by atoms with van der Waals surface area (Å²) in [6.45, 7) is 0.0191. The predicted molar refractivity (Wildman–Crippen MR) is 200 cm³/mol. The first-order chi connectivity index (χ1) is 23.4. The number of rotatable bonds is 8. The van der Waals surface area contributed by atoms with Gasteiger partial charge in [0, 0.05) is 0 Å². The third-order valence-corrected chi connectivity index (χ3v) is 18.4. The Morgan fingerprint density at radius 3 is 1.67 bits per heavy atom. The van der Waals surface area contributed by atoms with E-state index in [-0.39, 0.29) is 17.4 Å². The average molecular weight is 713 g/mol. The summed E-state index contributed by atoms with van der Waals surface area (Å²) in [5, 5.41) is -0.142. The van der Waals surface area contributed by atoms with E-state index >= 15 is 0 Å². The monoisotopic (exact) mass is 711 g/mol. The summed E-state index contributed by atoms with van der Waals surface area (Å²) in [5.74, 6) is -0.582. The fraction of sp³-hybridized carbons (Fsp3) is 0.0500. The van der Waals surface area contributed by atoms with Crippen molar-refractivity contribution in [2.24, 2.45) is 0 Å². The molecule has 0 amide bonds. The zero-order chi connectivity index (χ0) is 33.2. The molecule has 0 N–H and O–H groups in total. The fourth-order valence-electron chi connectivity index (χ4n) is 6.52.